The van der Waals surface area contributed by atoms with E-state index in [1.807, 2.05) is 18.2 Å². The minimum Gasteiger partial charge on any atom is -0.370 e. The van der Waals surface area contributed by atoms with E-state index >= 15 is 0 Å². The molecule has 0 amide bonds. The van der Waals surface area contributed by atoms with Crippen LogP contribution in [0.15, 0.2) is 53.7 Å². The first-order valence-corrected chi connectivity index (χ1v) is 10.9. The maximum atomic E-state index is 12.7. The molecule has 0 spiro atoms. The van der Waals surface area contributed by atoms with Gasteiger partial charge in [-0.1, -0.05) is 18.2 Å². The highest BCUT2D eigenvalue weighted by Crippen LogP contribution is 2.29. The largest absolute Gasteiger partial charge is 0.416 e. The number of guanidine groups is 1. The SMILES string of the molecule is CN=C(NCCCCNc1ccccn1)NC1CCN(Cc2ccc(C(F)(F)F)cc2)C1. The number of benzene rings is 1. The molecule has 0 saturated carbocycles. The van der Waals surface area contributed by atoms with Crippen molar-refractivity contribution in [3.63, 3.8) is 0 Å². The van der Waals surface area contributed by atoms with Crippen molar-refractivity contribution in [1.82, 2.24) is 20.5 Å². The van der Waals surface area contributed by atoms with Gasteiger partial charge in [-0.2, -0.15) is 13.2 Å². The van der Waals surface area contributed by atoms with Crippen LogP contribution in [0.1, 0.15) is 30.4 Å². The van der Waals surface area contributed by atoms with Gasteiger partial charge in [-0.25, -0.2) is 4.98 Å². The molecule has 3 N–H and O–H groups in total. The summed E-state index contributed by atoms with van der Waals surface area (Å²) >= 11 is 0. The van der Waals surface area contributed by atoms with Crippen LogP contribution in [0.2, 0.25) is 0 Å². The first-order chi connectivity index (χ1) is 15.4. The Morgan fingerprint density at radius 3 is 2.59 bits per heavy atom. The van der Waals surface area contributed by atoms with Gasteiger partial charge in [0.15, 0.2) is 5.96 Å². The number of anilines is 1. The molecule has 0 aliphatic carbocycles. The second-order valence-electron chi connectivity index (χ2n) is 7.91. The fourth-order valence-corrected chi connectivity index (χ4v) is 3.68. The number of nitrogens with zero attached hydrogens (tertiary/aromatic N) is 3. The van der Waals surface area contributed by atoms with Crippen LogP contribution in [0.5, 0.6) is 0 Å². The number of aliphatic imine (C=N–C) groups is 1. The number of aromatic nitrogens is 1. The van der Waals surface area contributed by atoms with Crippen molar-refractivity contribution >= 4 is 11.8 Å². The highest BCUT2D eigenvalue weighted by molar-refractivity contribution is 5.80. The van der Waals surface area contributed by atoms with Crippen molar-refractivity contribution in [3.8, 4) is 0 Å². The van der Waals surface area contributed by atoms with Gasteiger partial charge >= 0.3 is 6.18 Å². The number of pyridine rings is 1. The van der Waals surface area contributed by atoms with E-state index in [4.69, 9.17) is 0 Å². The Morgan fingerprint density at radius 1 is 1.12 bits per heavy atom. The number of rotatable bonds is 9. The van der Waals surface area contributed by atoms with Crippen molar-refractivity contribution in [3.05, 3.63) is 59.8 Å². The standard InChI is InChI=1S/C23H31F3N6/c1-27-22(30-14-5-4-13-29-21-6-2-3-12-28-21)31-20-11-15-32(17-20)16-18-7-9-19(10-8-18)23(24,25)26/h2-3,6-10,12,20H,4-5,11,13-17H2,1H3,(H,28,29)(H2,27,30,31). The van der Waals surface area contributed by atoms with Crippen LogP contribution in [-0.4, -0.2) is 55.1 Å². The van der Waals surface area contributed by atoms with Gasteiger partial charge in [0.05, 0.1) is 5.56 Å². The minimum absolute atomic E-state index is 0.265. The minimum atomic E-state index is -4.29. The fraction of sp³-hybridized carbons (Fsp3) is 0.478. The third kappa shape index (κ3) is 7.71. The zero-order valence-corrected chi connectivity index (χ0v) is 18.3. The summed E-state index contributed by atoms with van der Waals surface area (Å²) in [5.41, 5.74) is 0.282. The molecule has 1 unspecified atom stereocenters. The molecule has 0 bridgehead atoms. The van der Waals surface area contributed by atoms with Gasteiger partial charge in [-0.05, 0) is 49.1 Å². The molecule has 1 atom stereocenters. The van der Waals surface area contributed by atoms with Gasteiger partial charge in [0.25, 0.3) is 0 Å². The number of halogens is 3. The zero-order valence-electron chi connectivity index (χ0n) is 18.3. The van der Waals surface area contributed by atoms with Gasteiger partial charge in [-0.3, -0.25) is 9.89 Å². The Hall–Kier alpha value is -2.81. The lowest BCUT2D eigenvalue weighted by Gasteiger charge is -2.19. The molecular formula is C23H31F3N6. The summed E-state index contributed by atoms with van der Waals surface area (Å²) in [4.78, 5) is 10.8. The smallest absolute Gasteiger partial charge is 0.370 e. The Kier molecular flexibility index (Phi) is 8.72. The molecule has 1 aromatic heterocycles. The average Bonchev–Trinajstić information content (AvgIpc) is 3.22. The first kappa shape index (κ1) is 23.8. The topological polar surface area (TPSA) is 64.6 Å². The highest BCUT2D eigenvalue weighted by atomic mass is 19.4. The van der Waals surface area contributed by atoms with E-state index < -0.39 is 11.7 Å². The molecule has 1 aliphatic heterocycles. The van der Waals surface area contributed by atoms with Crippen LogP contribution in [0.25, 0.3) is 0 Å². The van der Waals surface area contributed by atoms with Gasteiger partial charge < -0.3 is 16.0 Å². The Bertz CT molecular complexity index is 839. The van der Waals surface area contributed by atoms with Crippen molar-refractivity contribution in [1.29, 1.82) is 0 Å². The number of likely N-dealkylation sites (tertiary alicyclic amines) is 1. The van der Waals surface area contributed by atoms with E-state index in [0.717, 1.165) is 74.9 Å². The number of hydrogen-bond donors (Lipinski definition) is 3. The number of unbranched alkanes of at least 4 members (excludes halogenated alkanes) is 1. The molecular weight excluding hydrogens is 417 g/mol. The summed E-state index contributed by atoms with van der Waals surface area (Å²) in [6.45, 7) is 4.06. The number of alkyl halides is 3. The molecule has 1 aliphatic rings. The Labute approximate surface area is 187 Å². The van der Waals surface area contributed by atoms with Crippen molar-refractivity contribution < 1.29 is 13.2 Å². The predicted molar refractivity (Wildman–Crippen MR) is 122 cm³/mol. The van der Waals surface area contributed by atoms with E-state index in [2.05, 4.69) is 30.8 Å². The summed E-state index contributed by atoms with van der Waals surface area (Å²) < 4.78 is 38.1. The second-order valence-corrected chi connectivity index (χ2v) is 7.91. The molecule has 1 aromatic carbocycles. The van der Waals surface area contributed by atoms with Crippen LogP contribution in [0, 0.1) is 0 Å². The van der Waals surface area contributed by atoms with E-state index in [1.165, 1.54) is 0 Å². The normalized spacial score (nSPS) is 17.4. The van der Waals surface area contributed by atoms with Crippen molar-refractivity contribution in [2.45, 2.75) is 38.0 Å². The monoisotopic (exact) mass is 448 g/mol. The zero-order chi connectivity index (χ0) is 22.8. The van der Waals surface area contributed by atoms with Gasteiger partial charge in [-0.15, -0.1) is 0 Å². The summed E-state index contributed by atoms with van der Waals surface area (Å²) in [6.07, 6.45) is 0.471. The van der Waals surface area contributed by atoms with Crippen LogP contribution >= 0.6 is 0 Å². The fourth-order valence-electron chi connectivity index (χ4n) is 3.68. The lowest BCUT2D eigenvalue weighted by atomic mass is 10.1. The average molecular weight is 449 g/mol. The predicted octanol–water partition coefficient (Wildman–Crippen LogP) is 3.73. The molecule has 2 heterocycles. The number of hydrogen-bond acceptors (Lipinski definition) is 4. The summed E-state index contributed by atoms with van der Waals surface area (Å²) in [7, 11) is 1.76. The summed E-state index contributed by atoms with van der Waals surface area (Å²) in [5, 5.41) is 10.1. The Balaban J connectivity index is 1.32. The lowest BCUT2D eigenvalue weighted by molar-refractivity contribution is -0.137. The molecule has 1 saturated heterocycles. The second kappa shape index (κ2) is 11.7. The van der Waals surface area contributed by atoms with Crippen LogP contribution < -0.4 is 16.0 Å². The molecule has 3 rings (SSSR count). The Morgan fingerprint density at radius 2 is 1.91 bits per heavy atom. The molecule has 1 fully saturated rings. The van der Waals surface area contributed by atoms with Crippen LogP contribution in [0.4, 0.5) is 19.0 Å². The quantitative estimate of drug-likeness (QED) is 0.310. The van der Waals surface area contributed by atoms with E-state index in [0.29, 0.717) is 6.54 Å². The van der Waals surface area contributed by atoms with Crippen LogP contribution in [0.3, 0.4) is 0 Å². The van der Waals surface area contributed by atoms with Crippen LogP contribution in [-0.2, 0) is 12.7 Å². The van der Waals surface area contributed by atoms with E-state index in [-0.39, 0.29) is 6.04 Å². The summed E-state index contributed by atoms with van der Waals surface area (Å²) in [5.74, 6) is 1.67. The maximum Gasteiger partial charge on any atom is 0.416 e. The van der Waals surface area contributed by atoms with Crippen molar-refractivity contribution in [2.75, 3.05) is 38.5 Å². The molecule has 174 valence electrons. The first-order valence-electron chi connectivity index (χ1n) is 10.9. The van der Waals surface area contributed by atoms with E-state index in [9.17, 15) is 13.2 Å². The molecule has 9 heteroatoms. The van der Waals surface area contributed by atoms with Gasteiger partial charge in [0.1, 0.15) is 5.82 Å². The van der Waals surface area contributed by atoms with Gasteiger partial charge in [0.2, 0.25) is 0 Å². The molecule has 32 heavy (non-hydrogen) atoms. The molecule has 6 nitrogen and oxygen atoms in total. The lowest BCUT2D eigenvalue weighted by Crippen LogP contribution is -2.44. The van der Waals surface area contributed by atoms with E-state index in [1.54, 1.807) is 25.4 Å². The third-order valence-electron chi connectivity index (χ3n) is 5.39. The number of nitrogens with one attached hydrogen (secondary N) is 3. The maximum absolute atomic E-state index is 12.7. The summed E-state index contributed by atoms with van der Waals surface area (Å²) in [6, 6.07) is 11.5. The molecule has 2 aromatic rings. The highest BCUT2D eigenvalue weighted by Gasteiger charge is 2.30. The third-order valence-corrected chi connectivity index (χ3v) is 5.39. The van der Waals surface area contributed by atoms with Gasteiger partial charge in [0, 0.05) is 52.0 Å². The van der Waals surface area contributed by atoms with Crippen molar-refractivity contribution in [2.24, 2.45) is 4.99 Å². The molecule has 0 radical (unpaired) electrons.